The summed E-state index contributed by atoms with van der Waals surface area (Å²) in [4.78, 5) is 13.9. The Hall–Kier alpha value is -0.930. The highest BCUT2D eigenvalue weighted by Crippen LogP contribution is 2.20. The number of nitrogens with zero attached hydrogens (tertiary/aromatic N) is 1. The van der Waals surface area contributed by atoms with E-state index >= 15 is 0 Å². The van der Waals surface area contributed by atoms with Crippen molar-refractivity contribution in [2.75, 3.05) is 18.0 Å². The average Bonchev–Trinajstić information content (AvgIpc) is 2.39. The molecule has 0 bridgehead atoms. The van der Waals surface area contributed by atoms with E-state index in [9.17, 15) is 4.79 Å². The lowest BCUT2D eigenvalue weighted by atomic mass is 10.1. The van der Waals surface area contributed by atoms with Crippen LogP contribution in [0.1, 0.15) is 29.6 Å². The summed E-state index contributed by atoms with van der Waals surface area (Å²) in [6.07, 6.45) is 3.75. The van der Waals surface area contributed by atoms with Crippen LogP contribution >= 0.6 is 23.2 Å². The SMILES string of the molecule is O=C(OC(Cl)Cl)c1ccc(N2CCCCC2)cc1. The molecule has 5 heteroatoms. The minimum atomic E-state index is -1.13. The van der Waals surface area contributed by atoms with Gasteiger partial charge in [0.1, 0.15) is 0 Å². The van der Waals surface area contributed by atoms with Gasteiger partial charge in [-0.25, -0.2) is 4.79 Å². The van der Waals surface area contributed by atoms with Crippen LogP contribution in [0.5, 0.6) is 0 Å². The monoisotopic (exact) mass is 287 g/mol. The maximum Gasteiger partial charge on any atom is 0.340 e. The lowest BCUT2D eigenvalue weighted by molar-refractivity contribution is 0.0536. The van der Waals surface area contributed by atoms with E-state index < -0.39 is 11.0 Å². The summed E-state index contributed by atoms with van der Waals surface area (Å²) >= 11 is 10.8. The minimum absolute atomic E-state index is 0.460. The molecule has 18 heavy (non-hydrogen) atoms. The van der Waals surface area contributed by atoms with Crippen LogP contribution in [0.4, 0.5) is 5.69 Å². The van der Waals surface area contributed by atoms with Crippen molar-refractivity contribution in [2.24, 2.45) is 0 Å². The van der Waals surface area contributed by atoms with Gasteiger partial charge in [0.05, 0.1) is 5.56 Å². The zero-order valence-corrected chi connectivity index (χ0v) is 11.5. The molecule has 0 radical (unpaired) electrons. The molecule has 0 aliphatic carbocycles. The Labute approximate surface area is 117 Å². The largest absolute Gasteiger partial charge is 0.428 e. The van der Waals surface area contributed by atoms with E-state index in [1.165, 1.54) is 19.3 Å². The molecule has 0 amide bonds. The number of esters is 1. The number of hydrogen-bond donors (Lipinski definition) is 0. The van der Waals surface area contributed by atoms with Crippen molar-refractivity contribution in [2.45, 2.75) is 24.3 Å². The predicted molar refractivity (Wildman–Crippen MR) is 73.4 cm³/mol. The van der Waals surface area contributed by atoms with E-state index in [2.05, 4.69) is 4.90 Å². The summed E-state index contributed by atoms with van der Waals surface area (Å²) in [5, 5.41) is -1.13. The van der Waals surface area contributed by atoms with Crippen molar-refractivity contribution in [1.29, 1.82) is 0 Å². The first-order valence-electron chi connectivity index (χ1n) is 6.01. The Bertz CT molecular complexity index is 400. The van der Waals surface area contributed by atoms with Gasteiger partial charge in [0.2, 0.25) is 0 Å². The Morgan fingerprint density at radius 1 is 1.11 bits per heavy atom. The van der Waals surface area contributed by atoms with Crippen LogP contribution in [0.15, 0.2) is 24.3 Å². The van der Waals surface area contributed by atoms with Crippen LogP contribution in [0, 0.1) is 0 Å². The fourth-order valence-corrected chi connectivity index (χ4v) is 2.27. The zero-order chi connectivity index (χ0) is 13.0. The van der Waals surface area contributed by atoms with E-state index in [1.807, 2.05) is 12.1 Å². The fourth-order valence-electron chi connectivity index (χ4n) is 2.11. The van der Waals surface area contributed by atoms with Crippen molar-refractivity contribution in [3.8, 4) is 0 Å². The van der Waals surface area contributed by atoms with Crippen molar-refractivity contribution in [1.82, 2.24) is 0 Å². The second kappa shape index (κ2) is 6.30. The van der Waals surface area contributed by atoms with Gasteiger partial charge in [0.15, 0.2) is 0 Å². The Morgan fingerprint density at radius 3 is 2.28 bits per heavy atom. The molecule has 1 aromatic carbocycles. The molecule has 1 aliphatic heterocycles. The normalized spacial score (nSPS) is 15.8. The zero-order valence-electron chi connectivity index (χ0n) is 9.94. The Morgan fingerprint density at radius 2 is 1.72 bits per heavy atom. The summed E-state index contributed by atoms with van der Waals surface area (Å²) in [5.41, 5.74) is 1.60. The summed E-state index contributed by atoms with van der Waals surface area (Å²) in [6.45, 7) is 2.16. The number of ether oxygens (including phenoxy) is 1. The number of anilines is 1. The van der Waals surface area contributed by atoms with Gasteiger partial charge >= 0.3 is 5.97 Å². The number of carbonyl (C=O) groups is 1. The molecule has 1 heterocycles. The quantitative estimate of drug-likeness (QED) is 0.628. The topological polar surface area (TPSA) is 29.5 Å². The predicted octanol–water partition coefficient (Wildman–Crippen LogP) is 3.59. The summed E-state index contributed by atoms with van der Waals surface area (Å²) in [7, 11) is 0. The van der Waals surface area contributed by atoms with E-state index in [-0.39, 0.29) is 0 Å². The number of benzene rings is 1. The first-order chi connectivity index (χ1) is 8.66. The van der Waals surface area contributed by atoms with E-state index in [1.54, 1.807) is 12.1 Å². The van der Waals surface area contributed by atoms with Crippen molar-refractivity contribution in [3.05, 3.63) is 29.8 Å². The average molecular weight is 288 g/mol. The van der Waals surface area contributed by atoms with Gasteiger partial charge in [-0.15, -0.1) is 0 Å². The van der Waals surface area contributed by atoms with Crippen LogP contribution in [-0.4, -0.2) is 24.1 Å². The standard InChI is InChI=1S/C13H15Cl2NO2/c14-13(15)18-12(17)10-4-6-11(7-5-10)16-8-2-1-3-9-16/h4-7,13H,1-3,8-9H2. The smallest absolute Gasteiger partial charge is 0.340 e. The molecule has 0 saturated carbocycles. The van der Waals surface area contributed by atoms with Crippen LogP contribution in [-0.2, 0) is 4.74 Å². The molecule has 2 rings (SSSR count). The van der Waals surface area contributed by atoms with Crippen LogP contribution in [0.3, 0.4) is 0 Å². The first-order valence-corrected chi connectivity index (χ1v) is 6.88. The van der Waals surface area contributed by atoms with Gasteiger partial charge < -0.3 is 9.64 Å². The fraction of sp³-hybridized carbons (Fsp3) is 0.462. The molecule has 0 N–H and O–H groups in total. The van der Waals surface area contributed by atoms with Crippen LogP contribution in [0.25, 0.3) is 0 Å². The van der Waals surface area contributed by atoms with Crippen molar-refractivity contribution < 1.29 is 9.53 Å². The second-order valence-corrected chi connectivity index (χ2v) is 5.28. The summed E-state index contributed by atoms with van der Waals surface area (Å²) < 4.78 is 4.70. The first kappa shape index (κ1) is 13.5. The highest BCUT2D eigenvalue weighted by atomic mass is 35.5. The molecule has 98 valence electrons. The molecule has 0 aromatic heterocycles. The maximum atomic E-state index is 11.5. The van der Waals surface area contributed by atoms with E-state index in [4.69, 9.17) is 27.9 Å². The molecule has 1 aliphatic rings. The third kappa shape index (κ3) is 3.53. The van der Waals surface area contributed by atoms with E-state index in [0.29, 0.717) is 5.56 Å². The summed E-state index contributed by atoms with van der Waals surface area (Å²) in [6, 6.07) is 7.34. The van der Waals surface area contributed by atoms with Gasteiger partial charge in [-0.2, -0.15) is 0 Å². The molecular formula is C13H15Cl2NO2. The third-order valence-electron chi connectivity index (χ3n) is 3.02. The molecule has 1 aromatic rings. The van der Waals surface area contributed by atoms with Gasteiger partial charge in [0.25, 0.3) is 5.02 Å². The Balaban J connectivity index is 2.02. The minimum Gasteiger partial charge on any atom is -0.428 e. The molecule has 1 fully saturated rings. The third-order valence-corrected chi connectivity index (χ3v) is 3.20. The summed E-state index contributed by atoms with van der Waals surface area (Å²) in [5.74, 6) is -0.504. The van der Waals surface area contributed by atoms with Gasteiger partial charge in [-0.1, -0.05) is 23.2 Å². The van der Waals surface area contributed by atoms with E-state index in [0.717, 1.165) is 18.8 Å². The van der Waals surface area contributed by atoms with Gasteiger partial charge in [-0.05, 0) is 43.5 Å². The number of halogens is 2. The van der Waals surface area contributed by atoms with Crippen molar-refractivity contribution >= 4 is 34.9 Å². The second-order valence-electron chi connectivity index (χ2n) is 4.26. The highest BCUT2D eigenvalue weighted by molar-refractivity contribution is 6.43. The van der Waals surface area contributed by atoms with Gasteiger partial charge in [0, 0.05) is 18.8 Å². The molecular weight excluding hydrogens is 273 g/mol. The molecule has 0 atom stereocenters. The molecule has 0 spiro atoms. The van der Waals surface area contributed by atoms with Crippen LogP contribution < -0.4 is 4.90 Å². The number of alkyl halides is 2. The molecule has 1 saturated heterocycles. The Kier molecular flexibility index (Phi) is 4.72. The molecule has 0 unspecified atom stereocenters. The van der Waals surface area contributed by atoms with Crippen molar-refractivity contribution in [3.63, 3.8) is 0 Å². The molecule has 3 nitrogen and oxygen atoms in total. The highest BCUT2D eigenvalue weighted by Gasteiger charge is 2.13. The maximum absolute atomic E-state index is 11.5. The lowest BCUT2D eigenvalue weighted by Crippen LogP contribution is -2.29. The lowest BCUT2D eigenvalue weighted by Gasteiger charge is -2.28. The number of carbonyl (C=O) groups excluding carboxylic acids is 1. The van der Waals surface area contributed by atoms with Crippen LogP contribution in [0.2, 0.25) is 0 Å². The number of rotatable bonds is 3. The number of hydrogen-bond acceptors (Lipinski definition) is 3. The number of piperidine rings is 1. The van der Waals surface area contributed by atoms with Gasteiger partial charge in [-0.3, -0.25) is 0 Å².